The van der Waals surface area contributed by atoms with Crippen molar-refractivity contribution in [2.45, 2.75) is 37.6 Å². The molecule has 0 aromatic heterocycles. The Balaban J connectivity index is 1.78. The molecule has 184 valence electrons. The highest BCUT2D eigenvalue weighted by Crippen LogP contribution is 2.42. The molecule has 4 nitrogen and oxygen atoms in total. The Bertz CT molecular complexity index is 1360. The molecule has 0 spiro atoms. The van der Waals surface area contributed by atoms with Crippen LogP contribution in [0, 0.1) is 5.92 Å². The van der Waals surface area contributed by atoms with Crippen molar-refractivity contribution >= 4 is 38.3 Å². The number of fused-ring (bicyclic) bond motifs is 1. The van der Waals surface area contributed by atoms with E-state index in [4.69, 9.17) is 11.6 Å². The molecule has 9 heteroatoms. The third-order valence-corrected chi connectivity index (χ3v) is 8.92. The summed E-state index contributed by atoms with van der Waals surface area (Å²) in [5, 5.41) is 0.430. The summed E-state index contributed by atoms with van der Waals surface area (Å²) in [6.45, 7) is 3.12. The number of carbonyl (C=O) groups excluding carboxylic acids is 1. The van der Waals surface area contributed by atoms with Gasteiger partial charge in [0, 0.05) is 0 Å². The third-order valence-electron chi connectivity index (χ3n) is 6.27. The molecule has 2 aliphatic rings. The number of amides is 1. The topological polar surface area (TPSA) is 54.5 Å². The van der Waals surface area contributed by atoms with E-state index in [-0.39, 0.29) is 12.1 Å². The maximum atomic E-state index is 13.9. The van der Waals surface area contributed by atoms with Gasteiger partial charge in [0.05, 0.1) is 23.1 Å². The van der Waals surface area contributed by atoms with Crippen LogP contribution in [0.15, 0.2) is 84.0 Å². The summed E-state index contributed by atoms with van der Waals surface area (Å²) in [5.74, 6) is -2.60. The van der Waals surface area contributed by atoms with Crippen LogP contribution in [0.1, 0.15) is 31.4 Å². The summed E-state index contributed by atoms with van der Waals surface area (Å²) < 4.78 is 66.3. The molecule has 0 saturated heterocycles. The lowest BCUT2D eigenvalue weighted by atomic mass is 9.90. The van der Waals surface area contributed by atoms with Crippen molar-refractivity contribution in [3.05, 3.63) is 95.1 Å². The molecule has 35 heavy (non-hydrogen) atoms. The van der Waals surface area contributed by atoms with Crippen molar-refractivity contribution < 1.29 is 26.4 Å². The van der Waals surface area contributed by atoms with Crippen LogP contribution in [0.25, 0.3) is 5.03 Å². The number of sulfonamides is 1. The Labute approximate surface area is 207 Å². The lowest BCUT2D eigenvalue weighted by Gasteiger charge is -2.38. The number of halogens is 4. The van der Waals surface area contributed by atoms with Crippen LogP contribution in [-0.2, 0) is 21.2 Å². The highest BCUT2D eigenvalue weighted by Gasteiger charge is 2.50. The number of carbonyl (C=O) groups is 1. The van der Waals surface area contributed by atoms with Gasteiger partial charge < -0.3 is 0 Å². The quantitative estimate of drug-likeness (QED) is 0.468. The van der Waals surface area contributed by atoms with Crippen LogP contribution in [0.3, 0.4) is 0 Å². The Hall–Kier alpha value is -2.84. The molecule has 1 aliphatic heterocycles. The second-order valence-corrected chi connectivity index (χ2v) is 11.5. The molecule has 2 unspecified atom stereocenters. The smallest absolute Gasteiger partial charge is 0.273 e. The fourth-order valence-corrected chi connectivity index (χ4v) is 6.61. The molecule has 0 radical (unpaired) electrons. The van der Waals surface area contributed by atoms with Gasteiger partial charge in [0.2, 0.25) is 5.91 Å². The zero-order chi connectivity index (χ0) is 25.6. The average Bonchev–Trinajstić information content (AvgIpc) is 2.78. The standard InChI is InChI=1S/C26H23ClF3NO3S/c1-17-15-25(2,13-12-21(17)23(27)18-8-4-3-5-9-18)35(33,34)31-22-11-7-6-10-19(22)14-20(24(31)32)16-26(28,29)30/h3-13,15,20H,14,16H2,1-2H3/b23-21+. The molecule has 4 rings (SSSR count). The fourth-order valence-electron chi connectivity index (χ4n) is 4.49. The van der Waals surface area contributed by atoms with Crippen molar-refractivity contribution in [1.82, 2.24) is 0 Å². The van der Waals surface area contributed by atoms with Crippen molar-refractivity contribution in [3.8, 4) is 0 Å². The minimum atomic E-state index is -4.61. The van der Waals surface area contributed by atoms with Gasteiger partial charge >= 0.3 is 6.18 Å². The first-order valence-electron chi connectivity index (χ1n) is 10.9. The molecule has 2 aromatic rings. The van der Waals surface area contributed by atoms with Gasteiger partial charge in [-0.25, -0.2) is 12.7 Å². The summed E-state index contributed by atoms with van der Waals surface area (Å²) in [4.78, 5) is 13.2. The van der Waals surface area contributed by atoms with E-state index in [1.54, 1.807) is 31.2 Å². The number of para-hydroxylation sites is 1. The van der Waals surface area contributed by atoms with Crippen molar-refractivity contribution in [2.75, 3.05) is 4.31 Å². The van der Waals surface area contributed by atoms with Gasteiger partial charge in [0.25, 0.3) is 10.0 Å². The number of allylic oxidation sites excluding steroid dienone is 3. The molecule has 0 saturated carbocycles. The van der Waals surface area contributed by atoms with Crippen LogP contribution in [-0.4, -0.2) is 25.2 Å². The van der Waals surface area contributed by atoms with E-state index >= 15 is 0 Å². The molecular weight excluding hydrogens is 499 g/mol. The molecule has 0 N–H and O–H groups in total. The SMILES string of the molecule is CC1=CC(C)(S(=O)(=O)N2C(=O)C(CC(F)(F)F)Cc3ccccc32)C=C/C1=C(\Cl)c1ccccc1. The minimum absolute atomic E-state index is 0.0836. The van der Waals surface area contributed by atoms with Gasteiger partial charge in [-0.05, 0) is 48.6 Å². The molecule has 0 fully saturated rings. The Morgan fingerprint density at radius 2 is 1.74 bits per heavy atom. The number of hydrogen-bond donors (Lipinski definition) is 0. The summed E-state index contributed by atoms with van der Waals surface area (Å²) in [6, 6.07) is 15.3. The summed E-state index contributed by atoms with van der Waals surface area (Å²) in [6.07, 6.45) is -1.71. The first-order valence-corrected chi connectivity index (χ1v) is 12.7. The number of anilines is 1. The van der Waals surface area contributed by atoms with E-state index < -0.39 is 39.2 Å². The zero-order valence-corrected chi connectivity index (χ0v) is 20.6. The van der Waals surface area contributed by atoms with Gasteiger partial charge in [0.15, 0.2) is 0 Å². The first kappa shape index (κ1) is 25.3. The Morgan fingerprint density at radius 1 is 1.11 bits per heavy atom. The molecular formula is C26H23ClF3NO3S. The van der Waals surface area contributed by atoms with E-state index in [0.717, 1.165) is 5.56 Å². The molecule has 0 bridgehead atoms. The van der Waals surface area contributed by atoms with Crippen molar-refractivity contribution in [3.63, 3.8) is 0 Å². The highest BCUT2D eigenvalue weighted by atomic mass is 35.5. The maximum Gasteiger partial charge on any atom is 0.389 e. The van der Waals surface area contributed by atoms with Crippen molar-refractivity contribution in [2.24, 2.45) is 5.92 Å². The molecule has 1 amide bonds. The summed E-state index contributed by atoms with van der Waals surface area (Å²) >= 11 is 6.57. The van der Waals surface area contributed by atoms with Gasteiger partial charge in [-0.15, -0.1) is 0 Å². The predicted molar refractivity (Wildman–Crippen MR) is 131 cm³/mol. The normalized spacial score (nSPS) is 24.2. The number of benzene rings is 2. The van der Waals surface area contributed by atoms with Gasteiger partial charge in [-0.1, -0.05) is 78.4 Å². The fraction of sp³-hybridized carbons (Fsp3) is 0.269. The monoisotopic (exact) mass is 521 g/mol. The number of alkyl halides is 3. The van der Waals surface area contributed by atoms with E-state index in [1.807, 2.05) is 30.3 Å². The predicted octanol–water partition coefficient (Wildman–Crippen LogP) is 6.40. The van der Waals surface area contributed by atoms with Crippen LogP contribution >= 0.6 is 11.6 Å². The lowest BCUT2D eigenvalue weighted by Crippen LogP contribution is -2.53. The largest absolute Gasteiger partial charge is 0.389 e. The van der Waals surface area contributed by atoms with Gasteiger partial charge in [-0.2, -0.15) is 13.2 Å². The van der Waals surface area contributed by atoms with Crippen LogP contribution in [0.4, 0.5) is 18.9 Å². The number of rotatable bonds is 4. The van der Waals surface area contributed by atoms with Crippen molar-refractivity contribution in [1.29, 1.82) is 0 Å². The van der Waals surface area contributed by atoms with E-state index in [2.05, 4.69) is 0 Å². The minimum Gasteiger partial charge on any atom is -0.273 e. The molecule has 1 heterocycles. The average molecular weight is 522 g/mol. The number of nitrogens with zero attached hydrogens (tertiary/aromatic N) is 1. The Kier molecular flexibility index (Phi) is 6.49. The summed E-state index contributed by atoms with van der Waals surface area (Å²) in [7, 11) is -4.49. The molecule has 2 atom stereocenters. The van der Waals surface area contributed by atoms with Crippen LogP contribution in [0.5, 0.6) is 0 Å². The van der Waals surface area contributed by atoms with Crippen LogP contribution < -0.4 is 4.31 Å². The molecule has 2 aromatic carbocycles. The summed E-state index contributed by atoms with van der Waals surface area (Å²) in [5.41, 5.74) is 2.40. The molecule has 1 aliphatic carbocycles. The van der Waals surface area contributed by atoms with Crippen LogP contribution in [0.2, 0.25) is 0 Å². The lowest BCUT2D eigenvalue weighted by molar-refractivity contribution is -0.152. The highest BCUT2D eigenvalue weighted by molar-refractivity contribution is 7.95. The zero-order valence-electron chi connectivity index (χ0n) is 19.0. The van der Waals surface area contributed by atoms with E-state index in [0.29, 0.717) is 26.0 Å². The first-order chi connectivity index (χ1) is 16.3. The maximum absolute atomic E-state index is 13.9. The third kappa shape index (κ3) is 4.69. The van der Waals surface area contributed by atoms with E-state index in [9.17, 15) is 26.4 Å². The van der Waals surface area contributed by atoms with Gasteiger partial charge in [-0.3, -0.25) is 4.79 Å². The second-order valence-electron chi connectivity index (χ2n) is 8.89. The number of hydrogen-bond acceptors (Lipinski definition) is 3. The van der Waals surface area contributed by atoms with E-state index in [1.165, 1.54) is 25.1 Å². The second kappa shape index (κ2) is 8.99. The Morgan fingerprint density at radius 3 is 2.37 bits per heavy atom. The van der Waals surface area contributed by atoms with Gasteiger partial charge in [0.1, 0.15) is 4.75 Å².